The molecular formula is C14H20FNO. The number of aliphatic hydroxyl groups excluding tert-OH is 1. The van der Waals surface area contributed by atoms with Crippen molar-refractivity contribution in [3.05, 3.63) is 29.8 Å². The van der Waals surface area contributed by atoms with Crippen molar-refractivity contribution in [2.75, 3.05) is 0 Å². The van der Waals surface area contributed by atoms with Crippen LogP contribution in [0.25, 0.3) is 0 Å². The van der Waals surface area contributed by atoms with Crippen molar-refractivity contribution < 1.29 is 9.50 Å². The molecule has 0 amide bonds. The average molecular weight is 237 g/mol. The van der Waals surface area contributed by atoms with Gasteiger partial charge in [0.05, 0.1) is 12.3 Å². The zero-order valence-corrected chi connectivity index (χ0v) is 10.3. The summed E-state index contributed by atoms with van der Waals surface area (Å²) in [6, 6.07) is 1.39. The van der Waals surface area contributed by atoms with E-state index >= 15 is 0 Å². The van der Waals surface area contributed by atoms with E-state index in [0.717, 1.165) is 18.8 Å². The fourth-order valence-corrected chi connectivity index (χ4v) is 2.93. The van der Waals surface area contributed by atoms with Gasteiger partial charge in [-0.2, -0.15) is 0 Å². The minimum absolute atomic E-state index is 0.273. The Morgan fingerprint density at radius 3 is 3.00 bits per heavy atom. The van der Waals surface area contributed by atoms with Crippen LogP contribution in [0.4, 0.5) is 4.39 Å². The molecule has 0 saturated heterocycles. The molecule has 17 heavy (non-hydrogen) atoms. The standard InChI is InChI=1S/C14H20FNO/c1-2-3-10-4-5-11(6-10)14(17)12-7-13(15)9-16-8-12/h7-11,14,17H,2-6H2,1H3/t10-,11+,14-/m1/s1. The van der Waals surface area contributed by atoms with Crippen LogP contribution in [0.1, 0.15) is 50.7 Å². The molecule has 2 nitrogen and oxygen atoms in total. The molecule has 0 aliphatic heterocycles. The predicted molar refractivity (Wildman–Crippen MR) is 64.9 cm³/mol. The van der Waals surface area contributed by atoms with Crippen molar-refractivity contribution in [2.45, 2.75) is 45.1 Å². The molecular weight excluding hydrogens is 217 g/mol. The number of aliphatic hydroxyl groups is 1. The van der Waals surface area contributed by atoms with Crippen molar-refractivity contribution in [3.63, 3.8) is 0 Å². The molecule has 1 N–H and O–H groups in total. The maximum atomic E-state index is 13.0. The van der Waals surface area contributed by atoms with Gasteiger partial charge in [-0.1, -0.05) is 26.2 Å². The highest BCUT2D eigenvalue weighted by atomic mass is 19.1. The SMILES string of the molecule is CCC[C@@H]1CC[C@H]([C@@H](O)c2cncc(F)c2)C1. The first-order valence-electron chi connectivity index (χ1n) is 6.49. The minimum Gasteiger partial charge on any atom is -0.388 e. The summed E-state index contributed by atoms with van der Waals surface area (Å²) < 4.78 is 13.0. The molecule has 1 aliphatic rings. The maximum Gasteiger partial charge on any atom is 0.141 e. The fourth-order valence-electron chi connectivity index (χ4n) is 2.93. The lowest BCUT2D eigenvalue weighted by molar-refractivity contribution is 0.108. The lowest BCUT2D eigenvalue weighted by atomic mass is 9.93. The zero-order chi connectivity index (χ0) is 12.3. The van der Waals surface area contributed by atoms with Gasteiger partial charge in [0.15, 0.2) is 0 Å². The van der Waals surface area contributed by atoms with Gasteiger partial charge in [-0.15, -0.1) is 0 Å². The highest BCUT2D eigenvalue weighted by molar-refractivity contribution is 5.14. The number of nitrogens with zero attached hydrogens (tertiary/aromatic N) is 1. The van der Waals surface area contributed by atoms with Gasteiger partial charge in [-0.3, -0.25) is 4.98 Å². The smallest absolute Gasteiger partial charge is 0.141 e. The maximum absolute atomic E-state index is 13.0. The number of halogens is 1. The molecule has 1 aromatic rings. The molecule has 0 unspecified atom stereocenters. The van der Waals surface area contributed by atoms with Crippen LogP contribution < -0.4 is 0 Å². The van der Waals surface area contributed by atoms with Crippen LogP contribution in [0, 0.1) is 17.7 Å². The van der Waals surface area contributed by atoms with Gasteiger partial charge in [-0.05, 0) is 30.7 Å². The van der Waals surface area contributed by atoms with Gasteiger partial charge in [0, 0.05) is 11.8 Å². The number of aromatic nitrogens is 1. The average Bonchev–Trinajstić information content (AvgIpc) is 2.77. The Balaban J connectivity index is 1.99. The van der Waals surface area contributed by atoms with Crippen LogP contribution in [-0.2, 0) is 0 Å². The molecule has 94 valence electrons. The molecule has 1 fully saturated rings. The third-order valence-corrected chi connectivity index (χ3v) is 3.79. The predicted octanol–water partition coefficient (Wildman–Crippen LogP) is 3.47. The highest BCUT2D eigenvalue weighted by Crippen LogP contribution is 2.40. The second-order valence-corrected chi connectivity index (χ2v) is 5.11. The number of pyridine rings is 1. The van der Waals surface area contributed by atoms with Crippen LogP contribution >= 0.6 is 0 Å². The third-order valence-electron chi connectivity index (χ3n) is 3.79. The summed E-state index contributed by atoms with van der Waals surface area (Å²) >= 11 is 0. The Hall–Kier alpha value is -0.960. The highest BCUT2D eigenvalue weighted by Gasteiger charge is 2.30. The minimum atomic E-state index is -0.556. The van der Waals surface area contributed by atoms with Gasteiger partial charge in [0.2, 0.25) is 0 Å². The summed E-state index contributed by atoms with van der Waals surface area (Å²) in [5, 5.41) is 10.2. The first kappa shape index (κ1) is 12.5. The number of hydrogen-bond acceptors (Lipinski definition) is 2. The van der Waals surface area contributed by atoms with E-state index in [-0.39, 0.29) is 11.7 Å². The molecule has 1 saturated carbocycles. The lowest BCUT2D eigenvalue weighted by Crippen LogP contribution is -2.10. The molecule has 0 bridgehead atoms. The molecule has 1 heterocycles. The quantitative estimate of drug-likeness (QED) is 0.869. The molecule has 1 aromatic heterocycles. The molecule has 3 heteroatoms. The topological polar surface area (TPSA) is 33.1 Å². The van der Waals surface area contributed by atoms with E-state index < -0.39 is 6.10 Å². The molecule has 2 rings (SSSR count). The van der Waals surface area contributed by atoms with E-state index in [1.165, 1.54) is 31.5 Å². The summed E-state index contributed by atoms with van der Waals surface area (Å²) in [6.07, 6.45) is 7.93. The second kappa shape index (κ2) is 5.58. The van der Waals surface area contributed by atoms with Crippen molar-refractivity contribution in [3.8, 4) is 0 Å². The van der Waals surface area contributed by atoms with Crippen molar-refractivity contribution >= 4 is 0 Å². The second-order valence-electron chi connectivity index (χ2n) is 5.11. The summed E-state index contributed by atoms with van der Waals surface area (Å²) in [7, 11) is 0. The van der Waals surface area contributed by atoms with Crippen molar-refractivity contribution in [1.82, 2.24) is 4.98 Å². The Bertz CT molecular complexity index is 369. The third kappa shape index (κ3) is 3.03. The fraction of sp³-hybridized carbons (Fsp3) is 0.643. The summed E-state index contributed by atoms with van der Waals surface area (Å²) in [6.45, 7) is 2.19. The van der Waals surface area contributed by atoms with Gasteiger partial charge in [0.1, 0.15) is 5.82 Å². The lowest BCUT2D eigenvalue weighted by Gasteiger charge is -2.18. The van der Waals surface area contributed by atoms with E-state index in [4.69, 9.17) is 0 Å². The summed E-state index contributed by atoms with van der Waals surface area (Å²) in [4.78, 5) is 3.80. The monoisotopic (exact) mass is 237 g/mol. The van der Waals surface area contributed by atoms with E-state index in [2.05, 4.69) is 11.9 Å². The van der Waals surface area contributed by atoms with Gasteiger partial charge in [0.25, 0.3) is 0 Å². The van der Waals surface area contributed by atoms with Crippen molar-refractivity contribution in [2.24, 2.45) is 11.8 Å². The zero-order valence-electron chi connectivity index (χ0n) is 10.3. The van der Waals surface area contributed by atoms with Crippen LogP contribution in [-0.4, -0.2) is 10.1 Å². The molecule has 1 aliphatic carbocycles. The number of rotatable bonds is 4. The Morgan fingerprint density at radius 2 is 2.29 bits per heavy atom. The van der Waals surface area contributed by atoms with E-state index in [0.29, 0.717) is 5.56 Å². The summed E-state index contributed by atoms with van der Waals surface area (Å²) in [5.41, 5.74) is 0.618. The van der Waals surface area contributed by atoms with Gasteiger partial charge < -0.3 is 5.11 Å². The van der Waals surface area contributed by atoms with Gasteiger partial charge >= 0.3 is 0 Å². The molecule has 3 atom stereocenters. The van der Waals surface area contributed by atoms with Crippen molar-refractivity contribution in [1.29, 1.82) is 0 Å². The first-order valence-corrected chi connectivity index (χ1v) is 6.49. The van der Waals surface area contributed by atoms with E-state index in [1.807, 2.05) is 0 Å². The van der Waals surface area contributed by atoms with Gasteiger partial charge in [-0.25, -0.2) is 4.39 Å². The Labute approximate surface area is 102 Å². The molecule has 0 spiro atoms. The Kier molecular flexibility index (Phi) is 4.11. The largest absolute Gasteiger partial charge is 0.388 e. The van der Waals surface area contributed by atoms with Crippen LogP contribution in [0.5, 0.6) is 0 Å². The van der Waals surface area contributed by atoms with E-state index in [1.54, 1.807) is 6.20 Å². The Morgan fingerprint density at radius 1 is 1.47 bits per heavy atom. The van der Waals surface area contributed by atoms with E-state index in [9.17, 15) is 9.50 Å². The van der Waals surface area contributed by atoms with Crippen LogP contribution in [0.15, 0.2) is 18.5 Å². The van der Waals surface area contributed by atoms with Crippen LogP contribution in [0.2, 0.25) is 0 Å². The van der Waals surface area contributed by atoms with Crippen LogP contribution in [0.3, 0.4) is 0 Å². The first-order chi connectivity index (χ1) is 8.20. The normalized spacial score (nSPS) is 26.1. The molecule has 0 aromatic carbocycles. The summed E-state index contributed by atoms with van der Waals surface area (Å²) in [5.74, 6) is 0.640. The number of hydrogen-bond donors (Lipinski definition) is 1. The molecule has 0 radical (unpaired) electrons.